The average Bonchev–Trinajstić information content (AvgIpc) is 3.01. The number of nitriles is 1. The number of rotatable bonds is 5. The Morgan fingerprint density at radius 2 is 2.00 bits per heavy atom. The van der Waals surface area contributed by atoms with Crippen molar-refractivity contribution < 1.29 is 14.3 Å². The second kappa shape index (κ2) is 8.41. The molecule has 1 heterocycles. The zero-order valence-electron chi connectivity index (χ0n) is 16.4. The van der Waals surface area contributed by atoms with Gasteiger partial charge in [0.15, 0.2) is 0 Å². The molecular formula is C22H21N3O3S. The number of carbonyl (C=O) groups excluding carboxylic acids is 2. The summed E-state index contributed by atoms with van der Waals surface area (Å²) in [6.45, 7) is 4.06. The molecule has 2 aromatic rings. The number of carbonyl (C=O) groups is 2. The van der Waals surface area contributed by atoms with Crippen LogP contribution in [0.5, 0.6) is 5.75 Å². The SMILES string of the molecule is COc1cccc(N2C(=O)C(Cc3ccc(C)c(C)c3)S/C2=C(/C#N)C(N)=O)c1. The predicted molar refractivity (Wildman–Crippen MR) is 113 cm³/mol. The Balaban J connectivity index is 2.04. The number of nitrogens with zero attached hydrogens (tertiary/aromatic N) is 2. The smallest absolute Gasteiger partial charge is 0.262 e. The normalized spacial score (nSPS) is 17.8. The number of hydrogen-bond donors (Lipinski definition) is 1. The average molecular weight is 407 g/mol. The van der Waals surface area contributed by atoms with E-state index in [2.05, 4.69) is 6.07 Å². The number of aryl methyl sites for hydroxylation is 2. The van der Waals surface area contributed by atoms with E-state index < -0.39 is 11.2 Å². The molecule has 0 aromatic heterocycles. The fourth-order valence-electron chi connectivity index (χ4n) is 3.13. The van der Waals surface area contributed by atoms with Crippen LogP contribution < -0.4 is 15.4 Å². The maximum Gasteiger partial charge on any atom is 0.262 e. The van der Waals surface area contributed by atoms with Crippen molar-refractivity contribution in [2.75, 3.05) is 12.0 Å². The van der Waals surface area contributed by atoms with Gasteiger partial charge < -0.3 is 10.5 Å². The van der Waals surface area contributed by atoms with Gasteiger partial charge >= 0.3 is 0 Å². The van der Waals surface area contributed by atoms with Crippen molar-refractivity contribution in [1.29, 1.82) is 5.26 Å². The van der Waals surface area contributed by atoms with Crippen LogP contribution in [0.2, 0.25) is 0 Å². The number of benzene rings is 2. The third-order valence-electron chi connectivity index (χ3n) is 4.83. The van der Waals surface area contributed by atoms with Crippen molar-refractivity contribution in [2.45, 2.75) is 25.5 Å². The van der Waals surface area contributed by atoms with E-state index in [9.17, 15) is 14.9 Å². The molecule has 148 valence electrons. The molecule has 1 saturated heterocycles. The molecule has 2 aromatic carbocycles. The van der Waals surface area contributed by atoms with E-state index >= 15 is 0 Å². The Labute approximate surface area is 173 Å². The van der Waals surface area contributed by atoms with Crippen LogP contribution in [0.3, 0.4) is 0 Å². The molecular weight excluding hydrogens is 386 g/mol. The fourth-order valence-corrected chi connectivity index (χ4v) is 4.44. The van der Waals surface area contributed by atoms with Crippen molar-refractivity contribution >= 4 is 29.3 Å². The van der Waals surface area contributed by atoms with Crippen molar-refractivity contribution in [2.24, 2.45) is 5.73 Å². The van der Waals surface area contributed by atoms with Gasteiger partial charge in [-0.25, -0.2) is 0 Å². The first kappa shape index (κ1) is 20.5. The standard InChI is InChI=1S/C22H21N3O3S/c1-13-7-8-15(9-14(13)2)10-19-21(27)25(16-5-4-6-17(11-16)28-3)22(29-19)18(12-23)20(24)26/h4-9,11,19H,10H2,1-3H3,(H2,24,26)/b22-18-. The van der Waals surface area contributed by atoms with Crippen molar-refractivity contribution in [1.82, 2.24) is 0 Å². The van der Waals surface area contributed by atoms with Gasteiger partial charge in [0.25, 0.3) is 5.91 Å². The maximum atomic E-state index is 13.3. The number of primary amides is 1. The van der Waals surface area contributed by atoms with Gasteiger partial charge in [0.1, 0.15) is 22.4 Å². The summed E-state index contributed by atoms with van der Waals surface area (Å²) in [5.74, 6) is -0.497. The second-order valence-electron chi connectivity index (χ2n) is 6.76. The zero-order chi connectivity index (χ0) is 21.1. The largest absolute Gasteiger partial charge is 0.497 e. The molecule has 0 aliphatic carbocycles. The summed E-state index contributed by atoms with van der Waals surface area (Å²) in [4.78, 5) is 26.5. The minimum absolute atomic E-state index is 0.203. The molecule has 1 fully saturated rings. The summed E-state index contributed by atoms with van der Waals surface area (Å²) >= 11 is 1.19. The Hall–Kier alpha value is -3.24. The Morgan fingerprint density at radius 1 is 1.24 bits per heavy atom. The van der Waals surface area contributed by atoms with Crippen LogP contribution in [-0.2, 0) is 16.0 Å². The monoisotopic (exact) mass is 407 g/mol. The predicted octanol–water partition coefficient (Wildman–Crippen LogP) is 3.22. The van der Waals surface area contributed by atoms with E-state index in [1.165, 1.54) is 29.3 Å². The molecule has 7 heteroatoms. The van der Waals surface area contributed by atoms with Crippen LogP contribution in [-0.4, -0.2) is 24.2 Å². The van der Waals surface area contributed by atoms with Crippen LogP contribution in [0, 0.1) is 25.2 Å². The Bertz CT molecular complexity index is 1060. The molecule has 2 amide bonds. The molecule has 1 atom stereocenters. The van der Waals surface area contributed by atoms with E-state index in [0.717, 1.165) is 11.1 Å². The van der Waals surface area contributed by atoms with Crippen molar-refractivity contribution in [3.05, 3.63) is 69.8 Å². The van der Waals surface area contributed by atoms with Crippen LogP contribution in [0.15, 0.2) is 53.1 Å². The number of thioether (sulfide) groups is 1. The molecule has 1 aliphatic heterocycles. The minimum atomic E-state index is -0.859. The molecule has 2 N–H and O–H groups in total. The van der Waals surface area contributed by atoms with Crippen molar-refractivity contribution in [3.63, 3.8) is 0 Å². The number of amides is 2. The van der Waals surface area contributed by atoms with Gasteiger partial charge in [-0.2, -0.15) is 5.26 Å². The summed E-state index contributed by atoms with van der Waals surface area (Å²) in [7, 11) is 1.53. The topological polar surface area (TPSA) is 96.4 Å². The van der Waals surface area contributed by atoms with E-state index in [1.54, 1.807) is 24.3 Å². The van der Waals surface area contributed by atoms with E-state index in [0.29, 0.717) is 17.9 Å². The third-order valence-corrected chi connectivity index (χ3v) is 6.09. The lowest BCUT2D eigenvalue weighted by Crippen LogP contribution is -2.31. The highest BCUT2D eigenvalue weighted by Gasteiger charge is 2.40. The second-order valence-corrected chi connectivity index (χ2v) is 7.95. The van der Waals surface area contributed by atoms with Crippen LogP contribution in [0.4, 0.5) is 5.69 Å². The van der Waals surface area contributed by atoms with Gasteiger partial charge in [-0.3, -0.25) is 14.5 Å². The van der Waals surface area contributed by atoms with E-state index in [4.69, 9.17) is 10.5 Å². The lowest BCUT2D eigenvalue weighted by atomic mass is 10.0. The first-order valence-electron chi connectivity index (χ1n) is 9.00. The minimum Gasteiger partial charge on any atom is -0.497 e. The fraction of sp³-hybridized carbons (Fsp3) is 0.227. The molecule has 0 radical (unpaired) electrons. The zero-order valence-corrected chi connectivity index (χ0v) is 17.2. The van der Waals surface area contributed by atoms with Gasteiger partial charge in [-0.05, 0) is 49.1 Å². The molecule has 0 spiro atoms. The first-order chi connectivity index (χ1) is 13.8. The Kier molecular flexibility index (Phi) is 5.95. The van der Waals surface area contributed by atoms with Crippen LogP contribution in [0.1, 0.15) is 16.7 Å². The molecule has 0 bridgehead atoms. The summed E-state index contributed by atoms with van der Waals surface area (Å²) in [6.07, 6.45) is 0.478. The number of nitrogens with two attached hydrogens (primary N) is 1. The first-order valence-corrected chi connectivity index (χ1v) is 9.88. The van der Waals surface area contributed by atoms with Gasteiger partial charge in [0, 0.05) is 6.07 Å². The van der Waals surface area contributed by atoms with Crippen molar-refractivity contribution in [3.8, 4) is 11.8 Å². The molecule has 0 saturated carbocycles. The number of anilines is 1. The van der Waals surface area contributed by atoms with Gasteiger partial charge in [0.05, 0.1) is 18.0 Å². The summed E-state index contributed by atoms with van der Waals surface area (Å²) in [5, 5.41) is 9.25. The summed E-state index contributed by atoms with van der Waals surface area (Å²) < 4.78 is 5.25. The van der Waals surface area contributed by atoms with Crippen LogP contribution >= 0.6 is 11.8 Å². The highest BCUT2D eigenvalue weighted by molar-refractivity contribution is 8.05. The third kappa shape index (κ3) is 4.13. The van der Waals surface area contributed by atoms with Crippen LogP contribution in [0.25, 0.3) is 0 Å². The maximum absolute atomic E-state index is 13.3. The van der Waals surface area contributed by atoms with E-state index in [-0.39, 0.29) is 16.5 Å². The number of ether oxygens (including phenoxy) is 1. The molecule has 3 rings (SSSR count). The lowest BCUT2D eigenvalue weighted by molar-refractivity contribution is -0.117. The highest BCUT2D eigenvalue weighted by Crippen LogP contribution is 2.42. The number of methoxy groups -OCH3 is 1. The number of hydrogen-bond acceptors (Lipinski definition) is 5. The van der Waals surface area contributed by atoms with E-state index in [1.807, 2.05) is 32.0 Å². The molecule has 29 heavy (non-hydrogen) atoms. The lowest BCUT2D eigenvalue weighted by Gasteiger charge is -2.19. The quantitative estimate of drug-likeness (QED) is 0.606. The summed E-state index contributed by atoms with van der Waals surface area (Å²) in [6, 6.07) is 14.8. The molecule has 6 nitrogen and oxygen atoms in total. The summed E-state index contributed by atoms with van der Waals surface area (Å²) in [5.41, 5.74) is 9.04. The van der Waals surface area contributed by atoms with Gasteiger partial charge in [-0.15, -0.1) is 0 Å². The van der Waals surface area contributed by atoms with Gasteiger partial charge in [0.2, 0.25) is 5.91 Å². The van der Waals surface area contributed by atoms with Gasteiger partial charge in [-0.1, -0.05) is 36.0 Å². The molecule has 1 unspecified atom stereocenters. The Morgan fingerprint density at radius 3 is 2.62 bits per heavy atom. The molecule has 1 aliphatic rings. The highest BCUT2D eigenvalue weighted by atomic mass is 32.2.